The van der Waals surface area contributed by atoms with Gasteiger partial charge in [-0.25, -0.2) is 4.79 Å². The van der Waals surface area contributed by atoms with Crippen LogP contribution in [-0.2, 0) is 33.3 Å². The van der Waals surface area contributed by atoms with E-state index in [-0.39, 0.29) is 36.6 Å². The molecule has 0 radical (unpaired) electrons. The fourth-order valence-electron chi connectivity index (χ4n) is 8.84. The topological polar surface area (TPSA) is 172 Å². The average Bonchev–Trinajstić information content (AvgIpc) is 3.58. The Morgan fingerprint density at radius 2 is 1.60 bits per heavy atom. The average molecular weight is 736 g/mol. The highest BCUT2D eigenvalue weighted by atomic mass is 16.7. The lowest BCUT2D eigenvalue weighted by Gasteiger charge is -2.47. The highest BCUT2D eigenvalue weighted by Gasteiger charge is 2.51. The van der Waals surface area contributed by atoms with Crippen molar-refractivity contribution >= 4 is 17.7 Å². The Hall–Kier alpha value is -2.19. The zero-order valence-corrected chi connectivity index (χ0v) is 32.5. The van der Waals surface area contributed by atoms with Gasteiger partial charge in [0.1, 0.15) is 24.0 Å². The minimum absolute atomic E-state index is 0.0780. The smallest absolute Gasteiger partial charge is 0.329 e. The van der Waals surface area contributed by atoms with Crippen molar-refractivity contribution < 1.29 is 53.8 Å². The van der Waals surface area contributed by atoms with Crippen molar-refractivity contribution in [3.63, 3.8) is 0 Å². The maximum atomic E-state index is 14.0. The fraction of sp³-hybridized carbons (Fsp3) is 0.825. The van der Waals surface area contributed by atoms with Crippen molar-refractivity contribution in [3.8, 4) is 0 Å². The second-order valence-electron chi connectivity index (χ2n) is 16.5. The van der Waals surface area contributed by atoms with E-state index >= 15 is 0 Å². The molecule has 0 aromatic carbocycles. The number of carbonyl (C=O) groups excluding carboxylic acids is 3. The molecular formula is C40H65NO11. The number of esters is 1. The first kappa shape index (κ1) is 42.6. The molecule has 52 heavy (non-hydrogen) atoms. The Labute approximate surface area is 309 Å². The van der Waals surface area contributed by atoms with E-state index in [2.05, 4.69) is 6.92 Å². The van der Waals surface area contributed by atoms with Crippen LogP contribution in [0.5, 0.6) is 0 Å². The van der Waals surface area contributed by atoms with Crippen molar-refractivity contribution in [2.24, 2.45) is 29.6 Å². The number of rotatable bonds is 4. The standard InChI is InChI=1S/C40H65NO11/c1-22-14-23(2)16-34(49-7)38-35(50-8)18-26(5)40(48,52-38)21-36(46)41-13-9-10-29(41)39(47)51-37(27(6)32(44)20-31(43)24(3)15-22)25(4)17-28-11-12-30(42)33(45)19-28/h15,17,23-24,26-30,32-35,37-38,42,44-45,48H,9-14,16,18-21H2,1-8H3/b22-15+,25-17+/t23-,24+,26+,27+,28-,29-,30+,32-,33+,34-,35-,37+,38+,40-/m0/s1. The van der Waals surface area contributed by atoms with Crippen LogP contribution in [0.1, 0.15) is 106 Å². The summed E-state index contributed by atoms with van der Waals surface area (Å²) in [6.07, 6.45) is 2.27. The zero-order valence-electron chi connectivity index (χ0n) is 32.5. The van der Waals surface area contributed by atoms with Crippen LogP contribution >= 0.6 is 0 Å². The van der Waals surface area contributed by atoms with E-state index in [1.165, 1.54) is 4.90 Å². The van der Waals surface area contributed by atoms with Gasteiger partial charge in [-0.1, -0.05) is 45.4 Å². The van der Waals surface area contributed by atoms with E-state index in [0.717, 1.165) is 5.57 Å². The summed E-state index contributed by atoms with van der Waals surface area (Å²) in [4.78, 5) is 42.9. The summed E-state index contributed by atoms with van der Waals surface area (Å²) in [7, 11) is 3.20. The number of aliphatic hydroxyl groups is 4. The van der Waals surface area contributed by atoms with Gasteiger partial charge in [-0.15, -0.1) is 0 Å². The molecule has 1 saturated carbocycles. The van der Waals surface area contributed by atoms with Gasteiger partial charge in [0.15, 0.2) is 5.79 Å². The Balaban J connectivity index is 1.69. The molecule has 14 atom stereocenters. The SMILES string of the molecule is CO[C@H]1C[C@@H](C)C/C(C)=C/[C@@H](C)C(=O)C[C@H](O)[C@@H](C)[C@@H](/C(C)=C/[C@@H]2CC[C@@H](O)[C@H](O)C2)OC(=O)[C@@H]2CCCN2C(=O)C[C@]2(O)O[C@H]1[C@@H](OC)C[C@H]2C. The predicted molar refractivity (Wildman–Crippen MR) is 194 cm³/mol. The summed E-state index contributed by atoms with van der Waals surface area (Å²) in [5.74, 6) is -4.55. The quantitative estimate of drug-likeness (QED) is 0.244. The number of ether oxygens (including phenoxy) is 4. The van der Waals surface area contributed by atoms with E-state index in [1.54, 1.807) is 21.1 Å². The first-order valence-corrected chi connectivity index (χ1v) is 19.4. The van der Waals surface area contributed by atoms with Crippen LogP contribution < -0.4 is 0 Å². The third kappa shape index (κ3) is 10.3. The molecule has 2 saturated heterocycles. The molecule has 4 N–H and O–H groups in total. The first-order valence-electron chi connectivity index (χ1n) is 19.4. The van der Waals surface area contributed by atoms with Crippen molar-refractivity contribution in [2.45, 2.75) is 160 Å². The normalized spacial score (nSPS) is 43.6. The molecule has 12 nitrogen and oxygen atoms in total. The predicted octanol–water partition coefficient (Wildman–Crippen LogP) is 3.86. The first-order chi connectivity index (χ1) is 24.5. The van der Waals surface area contributed by atoms with E-state index < -0.39 is 78.1 Å². The number of carbonyl (C=O) groups is 3. The number of ketones is 1. The highest BCUT2D eigenvalue weighted by molar-refractivity contribution is 5.86. The molecule has 4 rings (SSSR count). The highest BCUT2D eigenvalue weighted by Crippen LogP contribution is 2.40. The molecule has 0 spiro atoms. The van der Waals surface area contributed by atoms with Crippen LogP contribution in [0.15, 0.2) is 23.3 Å². The molecule has 2 bridgehead atoms. The maximum absolute atomic E-state index is 14.0. The zero-order chi connectivity index (χ0) is 38.5. The number of nitrogens with zero attached hydrogens (tertiary/aromatic N) is 1. The van der Waals surface area contributed by atoms with Gasteiger partial charge in [0, 0.05) is 44.9 Å². The van der Waals surface area contributed by atoms with Crippen LogP contribution in [0.3, 0.4) is 0 Å². The second-order valence-corrected chi connectivity index (χ2v) is 16.5. The van der Waals surface area contributed by atoms with Gasteiger partial charge in [0.05, 0.1) is 36.9 Å². The van der Waals surface area contributed by atoms with E-state index in [9.17, 15) is 34.8 Å². The minimum atomic E-state index is -1.82. The molecule has 4 aliphatic rings. The summed E-state index contributed by atoms with van der Waals surface area (Å²) in [6.45, 7) is 11.6. The second kappa shape index (κ2) is 18.4. The van der Waals surface area contributed by atoms with Crippen LogP contribution in [0.4, 0.5) is 0 Å². The lowest BCUT2D eigenvalue weighted by atomic mass is 9.82. The van der Waals surface area contributed by atoms with E-state index in [1.807, 2.05) is 39.8 Å². The Kier molecular flexibility index (Phi) is 15.1. The van der Waals surface area contributed by atoms with Gasteiger partial charge in [0.2, 0.25) is 5.91 Å². The van der Waals surface area contributed by atoms with Gasteiger partial charge in [-0.05, 0) is 82.6 Å². The Morgan fingerprint density at radius 3 is 2.25 bits per heavy atom. The molecule has 296 valence electrons. The van der Waals surface area contributed by atoms with Crippen molar-refractivity contribution in [2.75, 3.05) is 20.8 Å². The summed E-state index contributed by atoms with van der Waals surface area (Å²) in [5, 5.41) is 43.8. The molecule has 3 fully saturated rings. The van der Waals surface area contributed by atoms with Crippen LogP contribution in [-0.4, -0.2) is 118 Å². The molecular weight excluding hydrogens is 670 g/mol. The summed E-state index contributed by atoms with van der Waals surface area (Å²) in [6, 6.07) is -0.903. The minimum Gasteiger partial charge on any atom is -0.456 e. The Morgan fingerprint density at radius 1 is 0.923 bits per heavy atom. The summed E-state index contributed by atoms with van der Waals surface area (Å²) < 4.78 is 24.4. The molecule has 3 aliphatic heterocycles. The monoisotopic (exact) mass is 735 g/mol. The number of Topliss-reactive ketones (excluding diaryl/α,β-unsaturated/α-hetero) is 1. The van der Waals surface area contributed by atoms with E-state index in [4.69, 9.17) is 18.9 Å². The number of methoxy groups -OCH3 is 2. The molecule has 0 unspecified atom stereocenters. The third-order valence-corrected chi connectivity index (χ3v) is 12.1. The largest absolute Gasteiger partial charge is 0.456 e. The van der Waals surface area contributed by atoms with Crippen LogP contribution in [0.2, 0.25) is 0 Å². The number of aliphatic hydroxyl groups excluding tert-OH is 3. The molecule has 0 aromatic rings. The molecule has 12 heteroatoms. The number of hydrogen-bond acceptors (Lipinski definition) is 11. The summed E-state index contributed by atoms with van der Waals surface area (Å²) in [5.41, 5.74) is 1.68. The number of amides is 1. The van der Waals surface area contributed by atoms with Crippen LogP contribution in [0.25, 0.3) is 0 Å². The van der Waals surface area contributed by atoms with Gasteiger partial charge in [0.25, 0.3) is 0 Å². The van der Waals surface area contributed by atoms with Crippen molar-refractivity contribution in [1.29, 1.82) is 0 Å². The number of cyclic esters (lactones) is 1. The molecule has 1 aliphatic carbocycles. The third-order valence-electron chi connectivity index (χ3n) is 12.1. The molecule has 0 aromatic heterocycles. The maximum Gasteiger partial charge on any atom is 0.329 e. The van der Waals surface area contributed by atoms with Crippen LogP contribution in [0, 0.1) is 29.6 Å². The molecule has 3 heterocycles. The summed E-state index contributed by atoms with van der Waals surface area (Å²) >= 11 is 0. The van der Waals surface area contributed by atoms with Gasteiger partial charge in [-0.3, -0.25) is 9.59 Å². The fourth-order valence-corrected chi connectivity index (χ4v) is 8.84. The molecule has 1 amide bonds. The lowest BCUT2D eigenvalue weighted by Crippen LogP contribution is -2.59. The lowest BCUT2D eigenvalue weighted by molar-refractivity contribution is -0.321. The van der Waals surface area contributed by atoms with Gasteiger partial charge < -0.3 is 44.3 Å². The number of fused-ring (bicyclic) bond motifs is 3. The number of allylic oxidation sites excluding steroid dienone is 3. The van der Waals surface area contributed by atoms with Crippen molar-refractivity contribution in [3.05, 3.63) is 23.3 Å². The Bertz CT molecular complexity index is 1300. The van der Waals surface area contributed by atoms with Gasteiger partial charge >= 0.3 is 5.97 Å². The van der Waals surface area contributed by atoms with E-state index in [0.29, 0.717) is 63.5 Å². The van der Waals surface area contributed by atoms with Crippen molar-refractivity contribution in [1.82, 2.24) is 4.90 Å². The number of hydrogen-bond donors (Lipinski definition) is 4. The van der Waals surface area contributed by atoms with Gasteiger partial charge in [-0.2, -0.15) is 0 Å².